The van der Waals surface area contributed by atoms with E-state index in [-0.39, 0.29) is 22.2 Å². The van der Waals surface area contributed by atoms with Crippen LogP contribution in [0, 0.1) is 10.1 Å². The number of carbonyl (C=O) groups is 1. The molecule has 166 valence electrons. The highest BCUT2D eigenvalue weighted by Crippen LogP contribution is 2.24. The Kier molecular flexibility index (Phi) is 5.91. The van der Waals surface area contributed by atoms with E-state index < -0.39 is 14.9 Å². The largest absolute Gasteiger partial charge is 0.338 e. The average molecular weight is 455 g/mol. The molecule has 32 heavy (non-hydrogen) atoms. The van der Waals surface area contributed by atoms with Crippen LogP contribution < -0.4 is 4.72 Å². The number of benzene rings is 2. The Bertz CT molecular complexity index is 1220. The number of sulfonamides is 1. The van der Waals surface area contributed by atoms with Crippen LogP contribution in [0.25, 0.3) is 0 Å². The first-order valence-electron chi connectivity index (χ1n) is 9.97. The van der Waals surface area contributed by atoms with E-state index in [1.165, 1.54) is 30.3 Å². The second-order valence-corrected chi connectivity index (χ2v) is 9.15. The number of hydrogen-bond acceptors (Lipinski definition) is 6. The number of piperidine rings is 1. The van der Waals surface area contributed by atoms with Gasteiger partial charge in [-0.3, -0.25) is 19.6 Å². The maximum absolute atomic E-state index is 12.8. The Balaban J connectivity index is 1.40. The molecule has 4 rings (SSSR count). The summed E-state index contributed by atoms with van der Waals surface area (Å²) in [4.78, 5) is 28.7. The molecule has 0 spiro atoms. The van der Waals surface area contributed by atoms with Gasteiger partial charge in [-0.15, -0.1) is 0 Å². The fourth-order valence-electron chi connectivity index (χ4n) is 3.69. The van der Waals surface area contributed by atoms with Gasteiger partial charge in [0.1, 0.15) is 0 Å². The first-order valence-corrected chi connectivity index (χ1v) is 11.5. The Labute approximate surface area is 184 Å². The summed E-state index contributed by atoms with van der Waals surface area (Å²) in [6, 6.07) is 11.3. The lowest BCUT2D eigenvalue weighted by Crippen LogP contribution is -2.38. The highest BCUT2D eigenvalue weighted by atomic mass is 32.2. The van der Waals surface area contributed by atoms with Crippen LogP contribution >= 0.6 is 0 Å². The van der Waals surface area contributed by atoms with Crippen LogP contribution in [0.2, 0.25) is 0 Å². The summed E-state index contributed by atoms with van der Waals surface area (Å²) in [5.74, 6) is -0.109. The molecule has 2 aromatic carbocycles. The molecule has 0 radical (unpaired) electrons. The van der Waals surface area contributed by atoms with Crippen molar-refractivity contribution in [1.82, 2.24) is 14.5 Å². The molecule has 11 heteroatoms. The Morgan fingerprint density at radius 2 is 1.84 bits per heavy atom. The smallest absolute Gasteiger partial charge is 0.270 e. The van der Waals surface area contributed by atoms with E-state index in [4.69, 9.17) is 0 Å². The van der Waals surface area contributed by atoms with Gasteiger partial charge in [-0.25, -0.2) is 13.4 Å². The normalized spacial score (nSPS) is 14.8. The van der Waals surface area contributed by atoms with Crippen molar-refractivity contribution in [3.63, 3.8) is 0 Å². The van der Waals surface area contributed by atoms with Gasteiger partial charge in [-0.05, 0) is 43.2 Å². The molecular formula is C21H21N5O5S. The molecular weight excluding hydrogens is 434 g/mol. The molecule has 3 aromatic rings. The molecule has 0 saturated carbocycles. The molecule has 0 atom stereocenters. The van der Waals surface area contributed by atoms with Gasteiger partial charge in [0, 0.05) is 54.9 Å². The summed E-state index contributed by atoms with van der Waals surface area (Å²) >= 11 is 0. The predicted molar refractivity (Wildman–Crippen MR) is 117 cm³/mol. The van der Waals surface area contributed by atoms with Gasteiger partial charge in [0.05, 0.1) is 16.1 Å². The minimum Gasteiger partial charge on any atom is -0.338 e. The van der Waals surface area contributed by atoms with E-state index in [0.29, 0.717) is 24.7 Å². The van der Waals surface area contributed by atoms with Gasteiger partial charge in [0.2, 0.25) is 0 Å². The number of nitrogens with zero attached hydrogens (tertiary/aromatic N) is 4. The van der Waals surface area contributed by atoms with Crippen LogP contribution in [0.15, 0.2) is 72.1 Å². The lowest BCUT2D eigenvalue weighted by molar-refractivity contribution is -0.385. The summed E-state index contributed by atoms with van der Waals surface area (Å²) in [7, 11) is -4.01. The number of nitro groups is 1. The summed E-state index contributed by atoms with van der Waals surface area (Å²) in [6.45, 7) is 1.26. The number of rotatable bonds is 6. The number of aromatic nitrogens is 2. The third-order valence-electron chi connectivity index (χ3n) is 5.42. The van der Waals surface area contributed by atoms with Crippen LogP contribution in [0.3, 0.4) is 0 Å². The quantitative estimate of drug-likeness (QED) is 0.449. The number of hydrogen-bond donors (Lipinski definition) is 1. The molecule has 1 amide bonds. The second kappa shape index (κ2) is 8.79. The van der Waals surface area contributed by atoms with Crippen molar-refractivity contribution < 1.29 is 18.1 Å². The zero-order valence-electron chi connectivity index (χ0n) is 17.0. The van der Waals surface area contributed by atoms with E-state index in [1.54, 1.807) is 29.6 Å². The molecule has 1 aliphatic rings. The van der Waals surface area contributed by atoms with Gasteiger partial charge in [0.15, 0.2) is 0 Å². The Morgan fingerprint density at radius 3 is 2.47 bits per heavy atom. The molecule has 10 nitrogen and oxygen atoms in total. The van der Waals surface area contributed by atoms with Gasteiger partial charge in [-0.2, -0.15) is 0 Å². The van der Waals surface area contributed by atoms with E-state index >= 15 is 0 Å². The van der Waals surface area contributed by atoms with Crippen molar-refractivity contribution in [2.45, 2.75) is 23.8 Å². The third kappa shape index (κ3) is 4.62. The maximum atomic E-state index is 12.8. The van der Waals surface area contributed by atoms with Crippen LogP contribution in [-0.4, -0.2) is 46.8 Å². The first kappa shape index (κ1) is 21.5. The molecule has 1 fully saturated rings. The van der Waals surface area contributed by atoms with E-state index in [1.807, 2.05) is 6.20 Å². The summed E-state index contributed by atoms with van der Waals surface area (Å²) < 4.78 is 29.6. The molecule has 2 heterocycles. The average Bonchev–Trinajstić information content (AvgIpc) is 3.34. The van der Waals surface area contributed by atoms with E-state index in [0.717, 1.165) is 18.9 Å². The molecule has 1 aromatic heterocycles. The van der Waals surface area contributed by atoms with Crippen LogP contribution in [0.1, 0.15) is 29.2 Å². The number of carbonyl (C=O) groups excluding carboxylic acids is 1. The number of imidazole rings is 1. The zero-order chi connectivity index (χ0) is 22.7. The topological polar surface area (TPSA) is 127 Å². The summed E-state index contributed by atoms with van der Waals surface area (Å²) in [6.07, 6.45) is 7.13. The van der Waals surface area contributed by atoms with Crippen LogP contribution in [-0.2, 0) is 10.0 Å². The van der Waals surface area contributed by atoms with Crippen molar-refractivity contribution in [1.29, 1.82) is 0 Å². The van der Waals surface area contributed by atoms with Gasteiger partial charge < -0.3 is 9.47 Å². The standard InChI is InChI=1S/C21H21N5O5S/c27-21(24-11-8-18(9-12-24)25-13-10-22-15-25)16-4-6-17(7-5-16)23-32(30,31)20-3-1-2-19(14-20)26(28)29/h1-7,10,13-15,18,23H,8-9,11-12H2. The monoisotopic (exact) mass is 455 g/mol. The Morgan fingerprint density at radius 1 is 1.12 bits per heavy atom. The molecule has 1 aliphatic heterocycles. The number of non-ortho nitro benzene ring substituents is 1. The van der Waals surface area contributed by atoms with Crippen molar-refractivity contribution in [2.24, 2.45) is 0 Å². The number of nitrogens with one attached hydrogen (secondary N) is 1. The second-order valence-electron chi connectivity index (χ2n) is 7.47. The highest BCUT2D eigenvalue weighted by molar-refractivity contribution is 7.92. The lowest BCUT2D eigenvalue weighted by atomic mass is 10.0. The summed E-state index contributed by atoms with van der Waals surface area (Å²) in [5.41, 5.74) is 0.405. The van der Waals surface area contributed by atoms with Crippen molar-refractivity contribution >= 4 is 27.3 Å². The SMILES string of the molecule is O=C(c1ccc(NS(=O)(=O)c2cccc([N+](=O)[O-])c2)cc1)N1CCC(n2ccnc2)CC1. The fraction of sp³-hybridized carbons (Fsp3) is 0.238. The minimum absolute atomic E-state index is 0.109. The first-order chi connectivity index (χ1) is 15.3. The number of amides is 1. The molecule has 0 aliphatic carbocycles. The van der Waals surface area contributed by atoms with Gasteiger partial charge in [0.25, 0.3) is 21.6 Å². The third-order valence-corrected chi connectivity index (χ3v) is 6.80. The number of anilines is 1. The number of nitro benzene ring substituents is 1. The van der Waals surface area contributed by atoms with E-state index in [9.17, 15) is 23.3 Å². The predicted octanol–water partition coefficient (Wildman–Crippen LogP) is 3.07. The van der Waals surface area contributed by atoms with Crippen LogP contribution in [0.5, 0.6) is 0 Å². The zero-order valence-corrected chi connectivity index (χ0v) is 17.8. The Hall–Kier alpha value is -3.73. The van der Waals surface area contributed by atoms with Gasteiger partial charge in [-0.1, -0.05) is 6.07 Å². The van der Waals surface area contributed by atoms with Gasteiger partial charge >= 0.3 is 0 Å². The number of likely N-dealkylation sites (tertiary alicyclic amines) is 1. The molecule has 0 bridgehead atoms. The van der Waals surface area contributed by atoms with Crippen molar-refractivity contribution in [2.75, 3.05) is 17.8 Å². The van der Waals surface area contributed by atoms with Crippen molar-refractivity contribution in [3.8, 4) is 0 Å². The highest BCUT2D eigenvalue weighted by Gasteiger charge is 2.24. The summed E-state index contributed by atoms with van der Waals surface area (Å²) in [5, 5.41) is 10.9. The lowest BCUT2D eigenvalue weighted by Gasteiger charge is -2.32. The minimum atomic E-state index is -4.01. The van der Waals surface area contributed by atoms with Crippen molar-refractivity contribution in [3.05, 3.63) is 82.9 Å². The van der Waals surface area contributed by atoms with Crippen LogP contribution in [0.4, 0.5) is 11.4 Å². The molecule has 1 saturated heterocycles. The fourth-order valence-corrected chi connectivity index (χ4v) is 4.79. The maximum Gasteiger partial charge on any atom is 0.270 e. The molecule has 1 N–H and O–H groups in total. The molecule has 0 unspecified atom stereocenters. The van der Waals surface area contributed by atoms with E-state index in [2.05, 4.69) is 14.3 Å².